The fraction of sp³-hybridized carbons (Fsp3) is 0.611. The predicted molar refractivity (Wildman–Crippen MR) is 102 cm³/mol. The largest absolute Gasteiger partial charge is 0.362 e. The number of sulfone groups is 1. The molecule has 2 aliphatic rings. The Morgan fingerprint density at radius 2 is 1.72 bits per heavy atom. The first-order chi connectivity index (χ1) is 13.7. The highest BCUT2D eigenvalue weighted by Crippen LogP contribution is 2.33. The van der Waals surface area contributed by atoms with Crippen LogP contribution < -0.4 is 4.90 Å². The number of hydrogen-bond donors (Lipinski definition) is 0. The van der Waals surface area contributed by atoms with Gasteiger partial charge < -0.3 is 9.80 Å². The molecule has 1 aromatic carbocycles. The number of alkyl halides is 2. The van der Waals surface area contributed by atoms with Gasteiger partial charge in [-0.3, -0.25) is 14.9 Å². The number of hydrogen-bond acceptors (Lipinski definition) is 6. The van der Waals surface area contributed by atoms with Crippen molar-refractivity contribution in [2.75, 3.05) is 31.1 Å². The Hall–Kier alpha value is -2.30. The van der Waals surface area contributed by atoms with Gasteiger partial charge in [-0.2, -0.15) is 8.78 Å². The zero-order valence-corrected chi connectivity index (χ0v) is 16.6. The van der Waals surface area contributed by atoms with E-state index >= 15 is 0 Å². The van der Waals surface area contributed by atoms with Crippen molar-refractivity contribution in [3.8, 4) is 0 Å². The second kappa shape index (κ2) is 8.60. The highest BCUT2D eigenvalue weighted by Gasteiger charge is 2.33. The Morgan fingerprint density at radius 3 is 2.28 bits per heavy atom. The first-order valence-electron chi connectivity index (χ1n) is 9.56. The second-order valence-corrected chi connectivity index (χ2v) is 9.28. The number of rotatable bonds is 5. The minimum Gasteiger partial charge on any atom is -0.362 e. The molecule has 29 heavy (non-hydrogen) atoms. The number of carbonyl (C=O) groups excluding carboxylic acids is 1. The van der Waals surface area contributed by atoms with Crippen molar-refractivity contribution < 1.29 is 26.9 Å². The summed E-state index contributed by atoms with van der Waals surface area (Å²) in [6, 6.07) is 2.83. The van der Waals surface area contributed by atoms with Crippen molar-refractivity contribution in [2.45, 2.75) is 42.8 Å². The van der Waals surface area contributed by atoms with E-state index in [1.807, 2.05) is 0 Å². The molecule has 0 bridgehead atoms. The van der Waals surface area contributed by atoms with Crippen LogP contribution in [0.4, 0.5) is 20.2 Å². The molecule has 1 saturated heterocycles. The first kappa shape index (κ1) is 21.4. The van der Waals surface area contributed by atoms with E-state index in [4.69, 9.17) is 0 Å². The average molecular weight is 431 g/mol. The van der Waals surface area contributed by atoms with Crippen LogP contribution in [0.5, 0.6) is 0 Å². The normalized spacial score (nSPS) is 18.9. The quantitative estimate of drug-likeness (QED) is 0.525. The Morgan fingerprint density at radius 1 is 1.10 bits per heavy atom. The van der Waals surface area contributed by atoms with E-state index in [9.17, 15) is 32.1 Å². The lowest BCUT2D eigenvalue weighted by Gasteiger charge is -2.38. The molecule has 160 valence electrons. The minimum atomic E-state index is -4.92. The number of nitro groups is 1. The van der Waals surface area contributed by atoms with Crippen LogP contribution in [-0.4, -0.2) is 56.1 Å². The van der Waals surface area contributed by atoms with Crippen molar-refractivity contribution in [2.24, 2.45) is 5.92 Å². The summed E-state index contributed by atoms with van der Waals surface area (Å²) >= 11 is 0. The van der Waals surface area contributed by atoms with Crippen LogP contribution >= 0.6 is 0 Å². The Balaban J connectivity index is 1.74. The highest BCUT2D eigenvalue weighted by molar-refractivity contribution is 7.91. The standard InChI is InChI=1S/C18H23F2N3O5S/c19-18(20)29(27,28)14-6-7-15(16(12-14)23(25)26)21-8-10-22(11-9-21)17(24)13-4-2-1-3-5-13/h6-7,12-13,18H,1-5,8-11H2. The molecule has 0 aromatic heterocycles. The van der Waals surface area contributed by atoms with Gasteiger partial charge in [0, 0.05) is 38.2 Å². The van der Waals surface area contributed by atoms with E-state index in [2.05, 4.69) is 0 Å². The second-order valence-electron chi connectivity index (χ2n) is 7.36. The Bertz CT molecular complexity index is 879. The number of nitrogens with zero attached hydrogens (tertiary/aromatic N) is 3. The molecule has 11 heteroatoms. The Kier molecular flexibility index (Phi) is 6.35. The molecule has 0 spiro atoms. The number of benzene rings is 1. The van der Waals surface area contributed by atoms with E-state index in [-0.39, 0.29) is 17.5 Å². The van der Waals surface area contributed by atoms with Gasteiger partial charge in [0.05, 0.1) is 9.82 Å². The molecule has 1 saturated carbocycles. The van der Waals surface area contributed by atoms with Crippen molar-refractivity contribution in [1.29, 1.82) is 0 Å². The van der Waals surface area contributed by atoms with Gasteiger partial charge in [0.2, 0.25) is 15.7 Å². The lowest BCUT2D eigenvalue weighted by molar-refractivity contribution is -0.384. The maximum Gasteiger partial charge on any atom is 0.341 e. The maximum atomic E-state index is 12.8. The fourth-order valence-corrected chi connectivity index (χ4v) is 4.71. The SMILES string of the molecule is O=C(C1CCCCC1)N1CCN(c2ccc(S(=O)(=O)C(F)F)cc2[N+](=O)[O-])CC1. The average Bonchev–Trinajstić information content (AvgIpc) is 2.73. The smallest absolute Gasteiger partial charge is 0.341 e. The fourth-order valence-electron chi connectivity index (χ4n) is 3.97. The van der Waals surface area contributed by atoms with E-state index in [0.29, 0.717) is 32.2 Å². The molecule has 1 heterocycles. The number of amides is 1. The summed E-state index contributed by atoms with van der Waals surface area (Å²) in [4.78, 5) is 26.0. The summed E-state index contributed by atoms with van der Waals surface area (Å²) in [5, 5.41) is 11.4. The molecule has 1 amide bonds. The van der Waals surface area contributed by atoms with E-state index in [0.717, 1.165) is 38.2 Å². The molecule has 2 fully saturated rings. The topological polar surface area (TPSA) is 101 Å². The molecule has 8 nitrogen and oxygen atoms in total. The van der Waals surface area contributed by atoms with Crippen molar-refractivity contribution >= 4 is 27.1 Å². The number of piperazine rings is 1. The van der Waals surface area contributed by atoms with Crippen LogP contribution in [0.15, 0.2) is 23.1 Å². The summed E-state index contributed by atoms with van der Waals surface area (Å²) in [5.41, 5.74) is -0.383. The van der Waals surface area contributed by atoms with Crippen molar-refractivity contribution in [3.63, 3.8) is 0 Å². The van der Waals surface area contributed by atoms with Gasteiger partial charge >= 0.3 is 5.76 Å². The molecule has 1 aliphatic carbocycles. The molecule has 1 aromatic rings. The molecule has 1 aliphatic heterocycles. The summed E-state index contributed by atoms with van der Waals surface area (Å²) in [7, 11) is -4.92. The van der Waals surface area contributed by atoms with Crippen molar-refractivity contribution in [1.82, 2.24) is 4.90 Å². The lowest BCUT2D eigenvalue weighted by Crippen LogP contribution is -2.50. The monoisotopic (exact) mass is 431 g/mol. The summed E-state index contributed by atoms with van der Waals surface area (Å²) < 4.78 is 48.8. The summed E-state index contributed by atoms with van der Waals surface area (Å²) in [6.07, 6.45) is 5.04. The Labute approximate surface area is 167 Å². The van der Waals surface area contributed by atoms with Crippen LogP contribution in [-0.2, 0) is 14.6 Å². The van der Waals surface area contributed by atoms with Gasteiger partial charge in [0.1, 0.15) is 5.69 Å². The van der Waals surface area contributed by atoms with Gasteiger partial charge in [-0.05, 0) is 25.0 Å². The number of halogens is 2. The minimum absolute atomic E-state index is 0.0449. The van der Waals surface area contributed by atoms with E-state index in [1.165, 1.54) is 6.07 Å². The molecule has 0 unspecified atom stereocenters. The molecule has 0 radical (unpaired) electrons. The third-order valence-electron chi connectivity index (χ3n) is 5.59. The van der Waals surface area contributed by atoms with Crippen LogP contribution in [0.2, 0.25) is 0 Å². The zero-order valence-electron chi connectivity index (χ0n) is 15.8. The number of nitro benzene ring substituents is 1. The molecule has 0 N–H and O–H groups in total. The van der Waals surface area contributed by atoms with Crippen molar-refractivity contribution in [3.05, 3.63) is 28.3 Å². The lowest BCUT2D eigenvalue weighted by atomic mass is 9.88. The maximum absolute atomic E-state index is 12.8. The molecular weight excluding hydrogens is 408 g/mol. The highest BCUT2D eigenvalue weighted by atomic mass is 32.2. The van der Waals surface area contributed by atoms with Gasteiger partial charge in [0.15, 0.2) is 0 Å². The first-order valence-corrected chi connectivity index (χ1v) is 11.1. The molecular formula is C18H23F2N3O5S. The van der Waals surface area contributed by atoms with Gasteiger partial charge in [-0.15, -0.1) is 0 Å². The van der Waals surface area contributed by atoms with Crippen LogP contribution in [0, 0.1) is 16.0 Å². The summed E-state index contributed by atoms with van der Waals surface area (Å²) in [5.74, 6) is -3.48. The third kappa shape index (κ3) is 4.49. The predicted octanol–water partition coefficient (Wildman–Crippen LogP) is 2.82. The van der Waals surface area contributed by atoms with Gasteiger partial charge in [-0.25, -0.2) is 8.42 Å². The van der Waals surface area contributed by atoms with E-state index in [1.54, 1.807) is 9.80 Å². The third-order valence-corrected chi connectivity index (χ3v) is 6.97. The number of carbonyl (C=O) groups is 1. The molecule has 3 rings (SSSR count). The molecule has 0 atom stereocenters. The summed E-state index contributed by atoms with van der Waals surface area (Å²) in [6.45, 7) is 1.51. The van der Waals surface area contributed by atoms with Crippen LogP contribution in [0.1, 0.15) is 32.1 Å². The van der Waals surface area contributed by atoms with E-state index < -0.39 is 31.1 Å². The van der Waals surface area contributed by atoms with Gasteiger partial charge in [0.25, 0.3) is 5.69 Å². The van der Waals surface area contributed by atoms with Gasteiger partial charge in [-0.1, -0.05) is 19.3 Å². The van der Waals surface area contributed by atoms with Crippen LogP contribution in [0.3, 0.4) is 0 Å². The van der Waals surface area contributed by atoms with Crippen LogP contribution in [0.25, 0.3) is 0 Å². The number of anilines is 1. The zero-order chi connectivity index (χ0) is 21.2.